The number of hydrogen-bond acceptors (Lipinski definition) is 5. The number of anilines is 2. The monoisotopic (exact) mass is 267 g/mol. The van der Waals surface area contributed by atoms with E-state index in [1.165, 1.54) is 12.8 Å². The third-order valence-corrected chi connectivity index (χ3v) is 3.82. The molecule has 5 nitrogen and oxygen atoms in total. The van der Waals surface area contributed by atoms with Crippen LogP contribution in [0.3, 0.4) is 0 Å². The van der Waals surface area contributed by atoms with Gasteiger partial charge in [-0.1, -0.05) is 6.07 Å². The number of nitrogens with one attached hydrogen (secondary N) is 1. The summed E-state index contributed by atoms with van der Waals surface area (Å²) in [5, 5.41) is 3.48. The van der Waals surface area contributed by atoms with Crippen LogP contribution in [0.15, 0.2) is 36.7 Å². The molecule has 2 aliphatic rings. The molecule has 0 amide bonds. The first kappa shape index (κ1) is 11.6. The molecule has 1 aliphatic heterocycles. The summed E-state index contributed by atoms with van der Waals surface area (Å²) in [6.45, 7) is 1.94. The minimum absolute atomic E-state index is 0.443. The van der Waals surface area contributed by atoms with Gasteiger partial charge in [-0.2, -0.15) is 0 Å². The van der Waals surface area contributed by atoms with Gasteiger partial charge in [0.2, 0.25) is 0 Å². The van der Waals surface area contributed by atoms with Crippen LogP contribution in [0.5, 0.6) is 0 Å². The molecule has 3 heterocycles. The molecule has 20 heavy (non-hydrogen) atoms. The van der Waals surface area contributed by atoms with Gasteiger partial charge >= 0.3 is 0 Å². The smallest absolute Gasteiger partial charge is 0.133 e. The van der Waals surface area contributed by atoms with E-state index in [1.54, 1.807) is 0 Å². The molecular weight excluding hydrogens is 250 g/mol. The van der Waals surface area contributed by atoms with E-state index in [2.05, 4.69) is 25.2 Å². The van der Waals surface area contributed by atoms with Gasteiger partial charge in [0.25, 0.3) is 0 Å². The second-order valence-corrected chi connectivity index (χ2v) is 5.51. The SMILES string of the molecule is c1ccc(N2CC(Nc3ccnc(C4CC4)n3)C2)nc1. The van der Waals surface area contributed by atoms with Crippen molar-refractivity contribution in [3.05, 3.63) is 42.5 Å². The molecule has 0 bridgehead atoms. The predicted molar refractivity (Wildman–Crippen MR) is 77.9 cm³/mol. The molecule has 0 aromatic carbocycles. The highest BCUT2D eigenvalue weighted by Crippen LogP contribution is 2.38. The standard InChI is InChI=1S/C15H17N5/c1-2-7-16-14(3-1)20-9-12(10-20)18-13-6-8-17-15(19-13)11-4-5-11/h1-3,6-8,11-12H,4-5,9-10H2,(H,17,18,19). The second-order valence-electron chi connectivity index (χ2n) is 5.51. The summed E-state index contributed by atoms with van der Waals surface area (Å²) in [5.41, 5.74) is 0. The average Bonchev–Trinajstić information content (AvgIpc) is 3.28. The number of hydrogen-bond donors (Lipinski definition) is 1. The van der Waals surface area contributed by atoms with E-state index in [9.17, 15) is 0 Å². The highest BCUT2D eigenvalue weighted by Gasteiger charge is 2.29. The molecule has 2 aromatic rings. The molecule has 0 radical (unpaired) electrons. The van der Waals surface area contributed by atoms with Crippen LogP contribution < -0.4 is 10.2 Å². The fourth-order valence-electron chi connectivity index (χ4n) is 2.50. The van der Waals surface area contributed by atoms with E-state index >= 15 is 0 Å². The molecule has 102 valence electrons. The van der Waals surface area contributed by atoms with Gasteiger partial charge in [0.15, 0.2) is 0 Å². The first-order valence-electron chi connectivity index (χ1n) is 7.14. The Labute approximate surface area is 118 Å². The predicted octanol–water partition coefficient (Wildman–Crippen LogP) is 2.05. The molecule has 4 rings (SSSR count). The minimum Gasteiger partial charge on any atom is -0.364 e. The topological polar surface area (TPSA) is 53.9 Å². The third-order valence-electron chi connectivity index (χ3n) is 3.82. The Balaban J connectivity index is 1.36. The Kier molecular flexibility index (Phi) is 2.76. The lowest BCUT2D eigenvalue weighted by molar-refractivity contribution is 0.543. The van der Waals surface area contributed by atoms with Crippen LogP contribution in [0.2, 0.25) is 0 Å². The molecule has 0 atom stereocenters. The quantitative estimate of drug-likeness (QED) is 0.919. The van der Waals surface area contributed by atoms with E-state index < -0.39 is 0 Å². The van der Waals surface area contributed by atoms with Crippen molar-refractivity contribution in [1.82, 2.24) is 15.0 Å². The Morgan fingerprint density at radius 3 is 2.70 bits per heavy atom. The third kappa shape index (κ3) is 2.31. The lowest BCUT2D eigenvalue weighted by atomic mass is 10.1. The lowest BCUT2D eigenvalue weighted by Crippen LogP contribution is -2.55. The summed E-state index contributed by atoms with van der Waals surface area (Å²) < 4.78 is 0. The van der Waals surface area contributed by atoms with Gasteiger partial charge in [0.1, 0.15) is 17.5 Å². The second kappa shape index (κ2) is 4.74. The van der Waals surface area contributed by atoms with Crippen molar-refractivity contribution in [3.8, 4) is 0 Å². The normalized spacial score (nSPS) is 18.7. The molecule has 2 aromatic heterocycles. The van der Waals surface area contributed by atoms with E-state index in [4.69, 9.17) is 0 Å². The zero-order valence-electron chi connectivity index (χ0n) is 11.2. The fraction of sp³-hybridized carbons (Fsp3) is 0.400. The zero-order chi connectivity index (χ0) is 13.4. The first-order valence-corrected chi connectivity index (χ1v) is 7.14. The molecular formula is C15H17N5. The molecule has 2 fully saturated rings. The van der Waals surface area contributed by atoms with Gasteiger partial charge in [-0.15, -0.1) is 0 Å². The van der Waals surface area contributed by atoms with Gasteiger partial charge in [0, 0.05) is 31.4 Å². The summed E-state index contributed by atoms with van der Waals surface area (Å²) >= 11 is 0. The Bertz CT molecular complexity index is 590. The van der Waals surface area contributed by atoms with Crippen LogP contribution in [-0.2, 0) is 0 Å². The lowest BCUT2D eigenvalue weighted by Gasteiger charge is -2.40. The van der Waals surface area contributed by atoms with Gasteiger partial charge in [-0.05, 0) is 31.0 Å². The van der Waals surface area contributed by atoms with Crippen molar-refractivity contribution < 1.29 is 0 Å². The van der Waals surface area contributed by atoms with Gasteiger partial charge in [0.05, 0.1) is 6.04 Å². The molecule has 1 saturated heterocycles. The van der Waals surface area contributed by atoms with Crippen molar-refractivity contribution in [2.75, 3.05) is 23.3 Å². The molecule has 1 saturated carbocycles. The van der Waals surface area contributed by atoms with Crippen LogP contribution in [0, 0.1) is 0 Å². The maximum absolute atomic E-state index is 4.60. The summed E-state index contributed by atoms with van der Waals surface area (Å²) in [6, 6.07) is 8.41. The highest BCUT2D eigenvalue weighted by atomic mass is 15.3. The zero-order valence-corrected chi connectivity index (χ0v) is 11.2. The van der Waals surface area contributed by atoms with E-state index in [1.807, 2.05) is 36.7 Å². The molecule has 5 heteroatoms. The summed E-state index contributed by atoms with van der Waals surface area (Å²) in [6.07, 6.45) is 6.17. The van der Waals surface area contributed by atoms with Gasteiger partial charge < -0.3 is 10.2 Å². The number of rotatable bonds is 4. The number of nitrogens with zero attached hydrogens (tertiary/aromatic N) is 4. The van der Waals surface area contributed by atoms with Crippen LogP contribution in [0.4, 0.5) is 11.6 Å². The summed E-state index contributed by atoms with van der Waals surface area (Å²) in [5.74, 6) is 3.60. The molecule has 1 aliphatic carbocycles. The van der Waals surface area contributed by atoms with Crippen molar-refractivity contribution >= 4 is 11.6 Å². The maximum Gasteiger partial charge on any atom is 0.133 e. The fourth-order valence-corrected chi connectivity index (χ4v) is 2.50. The molecule has 0 spiro atoms. The van der Waals surface area contributed by atoms with Crippen molar-refractivity contribution in [1.29, 1.82) is 0 Å². The highest BCUT2D eigenvalue weighted by molar-refractivity contribution is 5.46. The van der Waals surface area contributed by atoms with Crippen LogP contribution in [-0.4, -0.2) is 34.1 Å². The largest absolute Gasteiger partial charge is 0.364 e. The Morgan fingerprint density at radius 2 is 1.95 bits per heavy atom. The summed E-state index contributed by atoms with van der Waals surface area (Å²) in [7, 11) is 0. The van der Waals surface area contributed by atoms with Crippen LogP contribution in [0.25, 0.3) is 0 Å². The van der Waals surface area contributed by atoms with Crippen molar-refractivity contribution in [3.63, 3.8) is 0 Å². The van der Waals surface area contributed by atoms with E-state index in [-0.39, 0.29) is 0 Å². The number of pyridine rings is 1. The van der Waals surface area contributed by atoms with Gasteiger partial charge in [-0.25, -0.2) is 15.0 Å². The molecule has 0 unspecified atom stereocenters. The van der Waals surface area contributed by atoms with E-state index in [0.717, 1.165) is 30.5 Å². The Hall–Kier alpha value is -2.17. The Morgan fingerprint density at radius 1 is 1.05 bits per heavy atom. The van der Waals surface area contributed by atoms with Crippen LogP contribution in [0.1, 0.15) is 24.6 Å². The number of aromatic nitrogens is 3. The van der Waals surface area contributed by atoms with Gasteiger partial charge in [-0.3, -0.25) is 0 Å². The first-order chi connectivity index (χ1) is 9.88. The summed E-state index contributed by atoms with van der Waals surface area (Å²) in [4.78, 5) is 15.6. The molecule has 1 N–H and O–H groups in total. The van der Waals surface area contributed by atoms with E-state index in [0.29, 0.717) is 12.0 Å². The maximum atomic E-state index is 4.60. The average molecular weight is 267 g/mol. The minimum atomic E-state index is 0.443. The van der Waals surface area contributed by atoms with Crippen molar-refractivity contribution in [2.45, 2.75) is 24.8 Å². The van der Waals surface area contributed by atoms with Crippen LogP contribution >= 0.6 is 0 Å². The van der Waals surface area contributed by atoms with Crippen molar-refractivity contribution in [2.24, 2.45) is 0 Å².